The summed E-state index contributed by atoms with van der Waals surface area (Å²) in [6.07, 6.45) is 2.31. The van der Waals surface area contributed by atoms with E-state index in [0.717, 1.165) is 36.3 Å². The molecule has 0 saturated carbocycles. The van der Waals surface area contributed by atoms with Gasteiger partial charge in [-0.2, -0.15) is 5.10 Å². The molecule has 2 heterocycles. The molecule has 1 aliphatic rings. The van der Waals surface area contributed by atoms with Crippen molar-refractivity contribution in [1.29, 1.82) is 0 Å². The van der Waals surface area contributed by atoms with Gasteiger partial charge in [-0.25, -0.2) is 0 Å². The number of hydrogen-bond acceptors (Lipinski definition) is 3. The summed E-state index contributed by atoms with van der Waals surface area (Å²) in [4.78, 5) is 12.7. The van der Waals surface area contributed by atoms with Crippen LogP contribution in [0.2, 0.25) is 0 Å². The summed E-state index contributed by atoms with van der Waals surface area (Å²) < 4.78 is 1.82. The number of ketones is 1. The predicted octanol–water partition coefficient (Wildman–Crippen LogP) is 1.98. The number of aromatic nitrogens is 2. The van der Waals surface area contributed by atoms with E-state index in [1.165, 1.54) is 5.56 Å². The number of nitrogens with zero attached hydrogens (tertiary/aromatic N) is 2. The van der Waals surface area contributed by atoms with Crippen molar-refractivity contribution in [3.63, 3.8) is 0 Å². The highest BCUT2D eigenvalue weighted by Crippen LogP contribution is 2.24. The van der Waals surface area contributed by atoms with Gasteiger partial charge >= 0.3 is 0 Å². The van der Waals surface area contributed by atoms with Crippen LogP contribution >= 0.6 is 0 Å². The van der Waals surface area contributed by atoms with Gasteiger partial charge in [0.1, 0.15) is 0 Å². The first-order valence-electron chi connectivity index (χ1n) is 7.54. The Kier molecular flexibility index (Phi) is 3.88. The maximum Gasteiger partial charge on any atom is 0.160 e. The molecular weight excluding hydrogens is 262 g/mol. The van der Waals surface area contributed by atoms with Gasteiger partial charge in [-0.1, -0.05) is 31.2 Å². The summed E-state index contributed by atoms with van der Waals surface area (Å²) in [5, 5.41) is 7.77. The zero-order chi connectivity index (χ0) is 14.8. The fourth-order valence-corrected chi connectivity index (χ4v) is 2.98. The molecule has 1 aromatic carbocycles. The number of rotatable bonds is 4. The van der Waals surface area contributed by atoms with Crippen LogP contribution in [0.1, 0.15) is 35.5 Å². The average molecular weight is 283 g/mol. The molecule has 0 saturated heterocycles. The van der Waals surface area contributed by atoms with Gasteiger partial charge in [0.05, 0.1) is 18.2 Å². The minimum atomic E-state index is -0.185. The Morgan fingerprint density at radius 1 is 1.43 bits per heavy atom. The van der Waals surface area contributed by atoms with Crippen molar-refractivity contribution in [1.82, 2.24) is 15.1 Å². The van der Waals surface area contributed by atoms with E-state index in [-0.39, 0.29) is 11.8 Å². The number of hydrogen-bond donors (Lipinski definition) is 1. The van der Waals surface area contributed by atoms with Crippen LogP contribution in [0.3, 0.4) is 0 Å². The lowest BCUT2D eigenvalue weighted by molar-refractivity contribution is -0.120. The van der Waals surface area contributed by atoms with E-state index in [4.69, 9.17) is 0 Å². The molecule has 110 valence electrons. The van der Waals surface area contributed by atoms with E-state index in [1.54, 1.807) is 0 Å². The second-order valence-corrected chi connectivity index (χ2v) is 5.58. The lowest BCUT2D eigenvalue weighted by Crippen LogP contribution is -2.36. The topological polar surface area (TPSA) is 46.9 Å². The van der Waals surface area contributed by atoms with E-state index in [0.29, 0.717) is 6.42 Å². The van der Waals surface area contributed by atoms with Crippen LogP contribution in [0.4, 0.5) is 0 Å². The number of benzene rings is 1. The minimum Gasteiger partial charge on any atom is -0.303 e. The number of fused-ring (bicyclic) bond motifs is 1. The van der Waals surface area contributed by atoms with Crippen molar-refractivity contribution in [2.45, 2.75) is 32.2 Å². The molecular formula is C17H21N3O. The highest BCUT2D eigenvalue weighted by molar-refractivity contribution is 5.87. The molecule has 0 amide bonds. The molecule has 0 aliphatic carbocycles. The standard InChI is InChI=1S/C17H21N3O/c1-3-13-10-14(20(2)19-13)11-16(21)17-15-7-5-4-6-12(15)8-9-18-17/h4-7,10,17-18H,3,8-9,11H2,1-2H3. The predicted molar refractivity (Wildman–Crippen MR) is 82.2 cm³/mol. The van der Waals surface area contributed by atoms with Crippen molar-refractivity contribution in [2.24, 2.45) is 7.05 Å². The number of carbonyl (C=O) groups is 1. The van der Waals surface area contributed by atoms with Crippen molar-refractivity contribution in [3.05, 3.63) is 52.8 Å². The molecule has 1 unspecified atom stereocenters. The van der Waals surface area contributed by atoms with Gasteiger partial charge < -0.3 is 5.32 Å². The molecule has 3 rings (SSSR count). The molecule has 4 heteroatoms. The monoisotopic (exact) mass is 283 g/mol. The van der Waals surface area contributed by atoms with E-state index < -0.39 is 0 Å². The largest absolute Gasteiger partial charge is 0.303 e. The van der Waals surface area contributed by atoms with Gasteiger partial charge in [-0.3, -0.25) is 9.48 Å². The SMILES string of the molecule is CCc1cc(CC(=O)C2NCCc3ccccc32)n(C)n1. The highest BCUT2D eigenvalue weighted by atomic mass is 16.1. The Balaban J connectivity index is 1.81. The number of nitrogens with one attached hydrogen (secondary N) is 1. The fourth-order valence-electron chi connectivity index (χ4n) is 2.98. The lowest BCUT2D eigenvalue weighted by Gasteiger charge is -2.25. The number of Topliss-reactive ketones (excluding diaryl/α,β-unsaturated/α-hetero) is 1. The molecule has 1 aliphatic heterocycles. The Morgan fingerprint density at radius 3 is 3.00 bits per heavy atom. The molecule has 0 spiro atoms. The quantitative estimate of drug-likeness (QED) is 0.933. The summed E-state index contributed by atoms with van der Waals surface area (Å²) in [5.41, 5.74) is 4.44. The normalized spacial score (nSPS) is 17.5. The van der Waals surface area contributed by atoms with Crippen molar-refractivity contribution < 1.29 is 4.79 Å². The maximum atomic E-state index is 12.7. The van der Waals surface area contributed by atoms with Crippen LogP contribution < -0.4 is 5.32 Å². The van der Waals surface area contributed by atoms with Gasteiger partial charge in [0, 0.05) is 19.3 Å². The third kappa shape index (κ3) is 2.76. The Labute approximate surface area is 125 Å². The van der Waals surface area contributed by atoms with Gasteiger partial charge in [0.15, 0.2) is 5.78 Å². The maximum absolute atomic E-state index is 12.7. The third-order valence-electron chi connectivity index (χ3n) is 4.18. The third-order valence-corrected chi connectivity index (χ3v) is 4.18. The molecule has 1 atom stereocenters. The summed E-state index contributed by atoms with van der Waals surface area (Å²) in [5.74, 6) is 0.216. The van der Waals surface area contributed by atoms with Gasteiger partial charge in [-0.05, 0) is 30.0 Å². The van der Waals surface area contributed by atoms with Crippen LogP contribution in [-0.2, 0) is 31.1 Å². The fraction of sp³-hybridized carbons (Fsp3) is 0.412. The van der Waals surface area contributed by atoms with Crippen molar-refractivity contribution in [3.8, 4) is 0 Å². The van der Waals surface area contributed by atoms with E-state index >= 15 is 0 Å². The summed E-state index contributed by atoms with van der Waals surface area (Å²) in [6, 6.07) is 10.1. The highest BCUT2D eigenvalue weighted by Gasteiger charge is 2.26. The van der Waals surface area contributed by atoms with Gasteiger partial charge in [0.25, 0.3) is 0 Å². The molecule has 4 nitrogen and oxygen atoms in total. The number of carbonyl (C=O) groups excluding carboxylic acids is 1. The first kappa shape index (κ1) is 14.0. The molecule has 1 aromatic heterocycles. The van der Waals surface area contributed by atoms with Crippen molar-refractivity contribution in [2.75, 3.05) is 6.54 Å². The zero-order valence-corrected chi connectivity index (χ0v) is 12.6. The zero-order valence-electron chi connectivity index (χ0n) is 12.6. The first-order chi connectivity index (χ1) is 10.2. The van der Waals surface area contributed by atoms with Gasteiger partial charge in [-0.15, -0.1) is 0 Å². The van der Waals surface area contributed by atoms with E-state index in [2.05, 4.69) is 29.5 Å². The number of aryl methyl sites for hydroxylation is 2. The van der Waals surface area contributed by atoms with Crippen LogP contribution in [0.5, 0.6) is 0 Å². The summed E-state index contributed by atoms with van der Waals surface area (Å²) in [6.45, 7) is 2.94. The Bertz CT molecular complexity index is 660. The van der Waals surface area contributed by atoms with E-state index in [9.17, 15) is 4.79 Å². The molecule has 0 fully saturated rings. The van der Waals surface area contributed by atoms with Crippen LogP contribution in [0.25, 0.3) is 0 Å². The second kappa shape index (κ2) is 5.82. The van der Waals surface area contributed by atoms with E-state index in [1.807, 2.05) is 29.9 Å². The Morgan fingerprint density at radius 2 is 2.24 bits per heavy atom. The minimum absolute atomic E-state index is 0.185. The van der Waals surface area contributed by atoms with Crippen LogP contribution in [-0.4, -0.2) is 22.1 Å². The molecule has 21 heavy (non-hydrogen) atoms. The average Bonchev–Trinajstić information content (AvgIpc) is 2.87. The molecule has 1 N–H and O–H groups in total. The van der Waals surface area contributed by atoms with Crippen LogP contribution in [0.15, 0.2) is 30.3 Å². The second-order valence-electron chi connectivity index (χ2n) is 5.58. The molecule has 0 bridgehead atoms. The smallest absolute Gasteiger partial charge is 0.160 e. The Hall–Kier alpha value is -1.94. The van der Waals surface area contributed by atoms with Crippen molar-refractivity contribution >= 4 is 5.78 Å². The summed E-state index contributed by atoms with van der Waals surface area (Å²) >= 11 is 0. The summed E-state index contributed by atoms with van der Waals surface area (Å²) in [7, 11) is 1.91. The molecule has 2 aromatic rings. The molecule has 0 radical (unpaired) electrons. The first-order valence-corrected chi connectivity index (χ1v) is 7.54. The lowest BCUT2D eigenvalue weighted by atomic mass is 9.90. The van der Waals surface area contributed by atoms with Gasteiger partial charge in [0.2, 0.25) is 0 Å². The van der Waals surface area contributed by atoms with Crippen LogP contribution in [0, 0.1) is 0 Å².